The zero-order chi connectivity index (χ0) is 23.1. The van der Waals surface area contributed by atoms with Crippen LogP contribution in [-0.4, -0.2) is 54.1 Å². The predicted molar refractivity (Wildman–Crippen MR) is 138 cm³/mol. The molecule has 0 spiro atoms. The Bertz CT molecular complexity index is 1190. The van der Waals surface area contributed by atoms with Crippen molar-refractivity contribution in [2.24, 2.45) is 0 Å². The standard InChI is InChI=1S/C28H36N6/c1-3-33-23-13-7-5-11-21(23)29-27(33)19-31-17-9-15-25(31)26-16-10-18-32(26)20-28-30-22-12-6-8-14-24(22)34(28)4-2/h5-8,11-14,25-26H,3-4,9-10,15-20H2,1-2H3/t25-,26-/m1/s1. The fraction of sp³-hybridized carbons (Fsp3) is 0.500. The van der Waals surface area contributed by atoms with Crippen LogP contribution in [0.5, 0.6) is 0 Å². The van der Waals surface area contributed by atoms with Gasteiger partial charge in [0.15, 0.2) is 0 Å². The number of benzene rings is 2. The summed E-state index contributed by atoms with van der Waals surface area (Å²) in [6, 6.07) is 18.3. The molecule has 4 aromatic rings. The van der Waals surface area contributed by atoms with Crippen LogP contribution in [0.15, 0.2) is 48.5 Å². The van der Waals surface area contributed by atoms with Crippen LogP contribution < -0.4 is 0 Å². The molecule has 6 nitrogen and oxygen atoms in total. The lowest BCUT2D eigenvalue weighted by molar-refractivity contribution is 0.119. The highest BCUT2D eigenvalue weighted by molar-refractivity contribution is 5.76. The number of likely N-dealkylation sites (tertiary alicyclic amines) is 2. The molecule has 34 heavy (non-hydrogen) atoms. The first kappa shape index (κ1) is 21.8. The summed E-state index contributed by atoms with van der Waals surface area (Å²) in [7, 11) is 0. The largest absolute Gasteiger partial charge is 0.327 e. The van der Waals surface area contributed by atoms with Gasteiger partial charge in [0, 0.05) is 25.2 Å². The number of hydrogen-bond acceptors (Lipinski definition) is 4. The van der Waals surface area contributed by atoms with E-state index in [1.165, 1.54) is 61.5 Å². The highest BCUT2D eigenvalue weighted by Crippen LogP contribution is 2.33. The van der Waals surface area contributed by atoms with Crippen molar-refractivity contribution in [3.8, 4) is 0 Å². The summed E-state index contributed by atoms with van der Waals surface area (Å²) >= 11 is 0. The Labute approximate surface area is 202 Å². The number of hydrogen-bond donors (Lipinski definition) is 0. The Morgan fingerprint density at radius 3 is 1.56 bits per heavy atom. The van der Waals surface area contributed by atoms with Crippen molar-refractivity contribution in [3.63, 3.8) is 0 Å². The normalized spacial score (nSPS) is 21.9. The van der Waals surface area contributed by atoms with Crippen molar-refractivity contribution in [1.82, 2.24) is 28.9 Å². The van der Waals surface area contributed by atoms with E-state index >= 15 is 0 Å². The van der Waals surface area contributed by atoms with Crippen LogP contribution in [0.2, 0.25) is 0 Å². The molecule has 2 aromatic carbocycles. The van der Waals surface area contributed by atoms with Gasteiger partial charge in [-0.05, 0) is 76.9 Å². The lowest BCUT2D eigenvalue weighted by Gasteiger charge is -2.35. The van der Waals surface area contributed by atoms with Gasteiger partial charge in [0.1, 0.15) is 11.6 Å². The number of aryl methyl sites for hydroxylation is 2. The quantitative estimate of drug-likeness (QED) is 0.390. The average Bonchev–Trinajstić information content (AvgIpc) is 3.63. The minimum atomic E-state index is 0.604. The van der Waals surface area contributed by atoms with Gasteiger partial charge in [-0.1, -0.05) is 24.3 Å². The molecule has 2 aromatic heterocycles. The van der Waals surface area contributed by atoms with E-state index in [0.717, 1.165) is 37.2 Å². The number of aromatic nitrogens is 4. The van der Waals surface area contributed by atoms with Gasteiger partial charge in [-0.3, -0.25) is 9.80 Å². The van der Waals surface area contributed by atoms with Crippen LogP contribution in [0.1, 0.15) is 51.2 Å². The van der Waals surface area contributed by atoms with Crippen molar-refractivity contribution >= 4 is 22.1 Å². The fourth-order valence-corrected chi connectivity index (χ4v) is 6.53. The summed E-state index contributed by atoms with van der Waals surface area (Å²) in [5.74, 6) is 2.43. The molecule has 2 aliphatic heterocycles. The van der Waals surface area contributed by atoms with Crippen LogP contribution in [0, 0.1) is 0 Å². The van der Waals surface area contributed by atoms with Crippen molar-refractivity contribution in [2.45, 2.75) is 77.8 Å². The Morgan fingerprint density at radius 2 is 1.12 bits per heavy atom. The highest BCUT2D eigenvalue weighted by Gasteiger charge is 2.38. The third kappa shape index (κ3) is 3.73. The average molecular weight is 457 g/mol. The second-order valence-corrected chi connectivity index (χ2v) is 9.88. The predicted octanol–water partition coefficient (Wildman–Crippen LogP) is 5.05. The van der Waals surface area contributed by atoms with E-state index in [9.17, 15) is 0 Å². The number of nitrogens with zero attached hydrogens (tertiary/aromatic N) is 6. The maximum atomic E-state index is 5.04. The molecule has 0 aliphatic carbocycles. The topological polar surface area (TPSA) is 42.1 Å². The molecule has 0 N–H and O–H groups in total. The van der Waals surface area contributed by atoms with Crippen LogP contribution in [0.25, 0.3) is 22.1 Å². The van der Waals surface area contributed by atoms with Gasteiger partial charge < -0.3 is 9.13 Å². The minimum absolute atomic E-state index is 0.604. The molecule has 178 valence electrons. The second-order valence-electron chi connectivity index (χ2n) is 9.88. The Kier molecular flexibility index (Phi) is 5.87. The Morgan fingerprint density at radius 1 is 0.676 bits per heavy atom. The summed E-state index contributed by atoms with van der Waals surface area (Å²) in [6.45, 7) is 10.7. The molecule has 6 heteroatoms. The molecule has 0 unspecified atom stereocenters. The van der Waals surface area contributed by atoms with E-state index in [2.05, 4.69) is 81.3 Å². The Hall–Kier alpha value is -2.70. The van der Waals surface area contributed by atoms with Crippen LogP contribution in [0.3, 0.4) is 0 Å². The molecule has 6 rings (SSSR count). The van der Waals surface area contributed by atoms with Gasteiger partial charge in [-0.2, -0.15) is 0 Å². The summed E-state index contributed by atoms with van der Waals surface area (Å²) < 4.78 is 4.81. The SMILES string of the molecule is CCn1c(CN2CCC[C@@H]2[C@H]2CCCN2Cc2nc3ccccc3n2CC)nc2ccccc21. The van der Waals surface area contributed by atoms with E-state index in [1.807, 2.05) is 0 Å². The number of fused-ring (bicyclic) bond motifs is 2. The molecule has 2 aliphatic rings. The molecule has 2 fully saturated rings. The first-order valence-corrected chi connectivity index (χ1v) is 13.1. The summed E-state index contributed by atoms with van der Waals surface area (Å²) in [5, 5.41) is 0. The van der Waals surface area contributed by atoms with E-state index in [1.54, 1.807) is 0 Å². The molecule has 2 atom stereocenters. The molecule has 0 bridgehead atoms. The first-order valence-electron chi connectivity index (χ1n) is 13.1. The molecular formula is C28H36N6. The smallest absolute Gasteiger partial charge is 0.124 e. The lowest BCUT2D eigenvalue weighted by Crippen LogP contribution is -2.46. The van der Waals surface area contributed by atoms with Crippen LogP contribution in [0.4, 0.5) is 0 Å². The number of imidazole rings is 2. The van der Waals surface area contributed by atoms with Gasteiger partial charge in [0.2, 0.25) is 0 Å². The van der Waals surface area contributed by atoms with E-state index in [-0.39, 0.29) is 0 Å². The molecule has 0 radical (unpaired) electrons. The summed E-state index contributed by atoms with van der Waals surface area (Å²) in [5.41, 5.74) is 4.76. The van der Waals surface area contributed by atoms with Crippen molar-refractivity contribution in [3.05, 3.63) is 60.2 Å². The number of para-hydroxylation sites is 4. The molecule has 0 saturated carbocycles. The van der Waals surface area contributed by atoms with Gasteiger partial charge >= 0.3 is 0 Å². The van der Waals surface area contributed by atoms with E-state index in [4.69, 9.17) is 9.97 Å². The molecule has 0 amide bonds. The maximum absolute atomic E-state index is 5.04. The molecular weight excluding hydrogens is 420 g/mol. The van der Waals surface area contributed by atoms with Gasteiger partial charge in [-0.25, -0.2) is 9.97 Å². The summed E-state index contributed by atoms with van der Waals surface area (Å²) in [6.07, 6.45) is 5.15. The fourth-order valence-electron chi connectivity index (χ4n) is 6.53. The minimum Gasteiger partial charge on any atom is -0.327 e. The van der Waals surface area contributed by atoms with Crippen molar-refractivity contribution < 1.29 is 0 Å². The number of rotatable bonds is 7. The van der Waals surface area contributed by atoms with Gasteiger partial charge in [-0.15, -0.1) is 0 Å². The van der Waals surface area contributed by atoms with Crippen molar-refractivity contribution in [2.75, 3.05) is 13.1 Å². The second kappa shape index (κ2) is 9.16. The van der Waals surface area contributed by atoms with E-state index < -0.39 is 0 Å². The molecule has 4 heterocycles. The Balaban J connectivity index is 1.24. The summed E-state index contributed by atoms with van der Waals surface area (Å²) in [4.78, 5) is 15.5. The monoisotopic (exact) mass is 456 g/mol. The van der Waals surface area contributed by atoms with Gasteiger partial charge in [0.05, 0.1) is 35.2 Å². The van der Waals surface area contributed by atoms with Crippen LogP contribution >= 0.6 is 0 Å². The lowest BCUT2D eigenvalue weighted by atomic mass is 10.0. The third-order valence-corrected chi connectivity index (χ3v) is 8.06. The zero-order valence-corrected chi connectivity index (χ0v) is 20.5. The van der Waals surface area contributed by atoms with Crippen molar-refractivity contribution in [1.29, 1.82) is 0 Å². The molecule has 2 saturated heterocycles. The zero-order valence-electron chi connectivity index (χ0n) is 20.5. The van der Waals surface area contributed by atoms with E-state index in [0.29, 0.717) is 12.1 Å². The third-order valence-electron chi connectivity index (χ3n) is 8.06. The maximum Gasteiger partial charge on any atom is 0.124 e. The van der Waals surface area contributed by atoms with Gasteiger partial charge in [0.25, 0.3) is 0 Å². The highest BCUT2D eigenvalue weighted by atomic mass is 15.3. The van der Waals surface area contributed by atoms with Crippen LogP contribution in [-0.2, 0) is 26.2 Å². The first-order chi connectivity index (χ1) is 16.8.